The molecule has 0 spiro atoms. The van der Waals surface area contributed by atoms with Crippen LogP contribution in [0.25, 0.3) is 0 Å². The second-order valence-corrected chi connectivity index (χ2v) is 5.68. The number of carbonyl (C=O) groups is 1. The lowest BCUT2D eigenvalue weighted by Gasteiger charge is -2.16. The third kappa shape index (κ3) is 3.91. The number of nitrogens with two attached hydrogens (primary N) is 1. The van der Waals surface area contributed by atoms with Crippen molar-refractivity contribution < 1.29 is 4.79 Å². The number of anilines is 2. The maximum Gasteiger partial charge on any atom is 0.267 e. The Morgan fingerprint density at radius 2 is 2.14 bits per heavy atom. The van der Waals surface area contributed by atoms with E-state index in [-0.39, 0.29) is 11.7 Å². The zero-order valence-electron chi connectivity index (χ0n) is 12.2. The standard InChI is InChI=1S/C14H19N5OS/c1-3-6-17-14-18-12(15)11(21-14)13(20)19(2)9-10-4-7-16-8-5-10/h4-5,7-8H,3,6,9,15H2,1-2H3,(H,17,18). The molecule has 6 nitrogen and oxygen atoms in total. The number of thiazole rings is 1. The van der Waals surface area contributed by atoms with Gasteiger partial charge in [0.25, 0.3) is 5.91 Å². The van der Waals surface area contributed by atoms with Crippen molar-refractivity contribution in [1.29, 1.82) is 0 Å². The van der Waals surface area contributed by atoms with Crippen LogP contribution >= 0.6 is 11.3 Å². The van der Waals surface area contributed by atoms with E-state index in [0.29, 0.717) is 16.6 Å². The fourth-order valence-corrected chi connectivity index (χ4v) is 2.70. The maximum absolute atomic E-state index is 12.4. The van der Waals surface area contributed by atoms with Gasteiger partial charge in [-0.15, -0.1) is 0 Å². The van der Waals surface area contributed by atoms with Crippen molar-refractivity contribution in [2.75, 3.05) is 24.6 Å². The molecule has 0 radical (unpaired) electrons. The molecule has 0 aliphatic heterocycles. The van der Waals surface area contributed by atoms with Crippen molar-refractivity contribution in [3.05, 3.63) is 35.0 Å². The van der Waals surface area contributed by atoms with Crippen LogP contribution in [0.15, 0.2) is 24.5 Å². The topological polar surface area (TPSA) is 84.1 Å². The molecule has 7 heteroatoms. The van der Waals surface area contributed by atoms with E-state index >= 15 is 0 Å². The average Bonchev–Trinajstić information content (AvgIpc) is 2.86. The Kier molecular flexibility index (Phi) is 5.10. The second kappa shape index (κ2) is 7.03. The van der Waals surface area contributed by atoms with Crippen molar-refractivity contribution in [3.8, 4) is 0 Å². The number of nitrogens with zero attached hydrogens (tertiary/aromatic N) is 3. The highest BCUT2D eigenvalue weighted by Gasteiger charge is 2.19. The average molecular weight is 305 g/mol. The minimum atomic E-state index is -0.119. The molecule has 112 valence electrons. The Morgan fingerprint density at radius 1 is 1.43 bits per heavy atom. The van der Waals surface area contributed by atoms with Crippen molar-refractivity contribution in [2.45, 2.75) is 19.9 Å². The van der Waals surface area contributed by atoms with E-state index in [1.165, 1.54) is 11.3 Å². The Morgan fingerprint density at radius 3 is 2.81 bits per heavy atom. The highest BCUT2D eigenvalue weighted by atomic mass is 32.1. The van der Waals surface area contributed by atoms with Crippen LogP contribution in [0.2, 0.25) is 0 Å². The van der Waals surface area contributed by atoms with Crippen LogP contribution in [-0.4, -0.2) is 34.4 Å². The molecule has 0 atom stereocenters. The first-order chi connectivity index (χ1) is 10.1. The van der Waals surface area contributed by atoms with Gasteiger partial charge < -0.3 is 16.0 Å². The van der Waals surface area contributed by atoms with Gasteiger partial charge in [0, 0.05) is 32.5 Å². The van der Waals surface area contributed by atoms with E-state index in [2.05, 4.69) is 22.2 Å². The quantitative estimate of drug-likeness (QED) is 0.855. The number of aromatic nitrogens is 2. The van der Waals surface area contributed by atoms with Gasteiger partial charge in [0.05, 0.1) is 0 Å². The smallest absolute Gasteiger partial charge is 0.267 e. The summed E-state index contributed by atoms with van der Waals surface area (Å²) in [6.07, 6.45) is 4.41. The van der Waals surface area contributed by atoms with E-state index in [1.54, 1.807) is 24.3 Å². The first kappa shape index (κ1) is 15.2. The molecule has 0 aromatic carbocycles. The van der Waals surface area contributed by atoms with Crippen molar-refractivity contribution >= 4 is 28.2 Å². The first-order valence-electron chi connectivity index (χ1n) is 6.76. The molecule has 2 aromatic heterocycles. The predicted octanol–water partition coefficient (Wildman–Crippen LogP) is 2.21. The third-order valence-electron chi connectivity index (χ3n) is 2.89. The number of hydrogen-bond donors (Lipinski definition) is 2. The number of nitrogens with one attached hydrogen (secondary N) is 1. The lowest BCUT2D eigenvalue weighted by molar-refractivity contribution is 0.0790. The van der Waals surface area contributed by atoms with Gasteiger partial charge in [-0.1, -0.05) is 18.3 Å². The fraction of sp³-hybridized carbons (Fsp3) is 0.357. The zero-order chi connectivity index (χ0) is 15.2. The summed E-state index contributed by atoms with van der Waals surface area (Å²) in [5, 5.41) is 3.84. The number of nitrogen functional groups attached to an aromatic ring is 1. The number of amides is 1. The summed E-state index contributed by atoms with van der Waals surface area (Å²) < 4.78 is 0. The Bertz CT molecular complexity index is 599. The Balaban J connectivity index is 2.06. The van der Waals surface area contributed by atoms with Gasteiger partial charge in [-0.25, -0.2) is 4.98 Å². The molecular weight excluding hydrogens is 286 g/mol. The van der Waals surface area contributed by atoms with Crippen molar-refractivity contribution in [1.82, 2.24) is 14.9 Å². The van der Waals surface area contributed by atoms with Crippen LogP contribution in [0.3, 0.4) is 0 Å². The summed E-state index contributed by atoms with van der Waals surface area (Å²) in [4.78, 5) is 22.7. The minimum absolute atomic E-state index is 0.119. The molecule has 0 aliphatic rings. The fourth-order valence-electron chi connectivity index (χ4n) is 1.80. The number of hydrogen-bond acceptors (Lipinski definition) is 6. The lowest BCUT2D eigenvalue weighted by atomic mass is 10.2. The van der Waals surface area contributed by atoms with Crippen molar-refractivity contribution in [3.63, 3.8) is 0 Å². The summed E-state index contributed by atoms with van der Waals surface area (Å²) in [5.41, 5.74) is 6.87. The van der Waals surface area contributed by atoms with Gasteiger partial charge in [-0.2, -0.15) is 0 Å². The summed E-state index contributed by atoms with van der Waals surface area (Å²) >= 11 is 1.30. The molecule has 2 aromatic rings. The number of rotatable bonds is 6. The van der Waals surface area contributed by atoms with E-state index in [1.807, 2.05) is 12.1 Å². The molecule has 0 unspecified atom stereocenters. The van der Waals surface area contributed by atoms with E-state index in [9.17, 15) is 4.79 Å². The molecular formula is C14H19N5OS. The SMILES string of the molecule is CCCNc1nc(N)c(C(=O)N(C)Cc2ccncc2)s1. The predicted molar refractivity (Wildman–Crippen MR) is 85.3 cm³/mol. The molecule has 1 amide bonds. The van der Waals surface area contributed by atoms with Gasteiger partial charge in [0.1, 0.15) is 10.7 Å². The largest absolute Gasteiger partial charge is 0.382 e. The van der Waals surface area contributed by atoms with Gasteiger partial charge >= 0.3 is 0 Å². The summed E-state index contributed by atoms with van der Waals surface area (Å²) in [5.74, 6) is 0.163. The van der Waals surface area contributed by atoms with E-state index in [4.69, 9.17) is 5.73 Å². The summed E-state index contributed by atoms with van der Waals surface area (Å²) in [6, 6.07) is 3.77. The van der Waals surface area contributed by atoms with Gasteiger partial charge in [0.15, 0.2) is 5.13 Å². The van der Waals surface area contributed by atoms with Crippen LogP contribution in [0.1, 0.15) is 28.6 Å². The second-order valence-electron chi connectivity index (χ2n) is 4.68. The van der Waals surface area contributed by atoms with Crippen molar-refractivity contribution in [2.24, 2.45) is 0 Å². The molecule has 0 fully saturated rings. The molecule has 0 saturated heterocycles. The molecule has 0 bridgehead atoms. The molecule has 3 N–H and O–H groups in total. The van der Waals surface area contributed by atoms with Crippen LogP contribution in [0.5, 0.6) is 0 Å². The number of pyridine rings is 1. The summed E-state index contributed by atoms with van der Waals surface area (Å²) in [7, 11) is 1.75. The van der Waals surface area contributed by atoms with Gasteiger partial charge in [0.2, 0.25) is 0 Å². The highest BCUT2D eigenvalue weighted by Crippen LogP contribution is 2.26. The number of carbonyl (C=O) groups excluding carboxylic acids is 1. The zero-order valence-corrected chi connectivity index (χ0v) is 13.0. The normalized spacial score (nSPS) is 10.4. The molecule has 21 heavy (non-hydrogen) atoms. The lowest BCUT2D eigenvalue weighted by Crippen LogP contribution is -2.26. The molecule has 0 aliphatic carbocycles. The maximum atomic E-state index is 12.4. The molecule has 0 saturated carbocycles. The first-order valence-corrected chi connectivity index (χ1v) is 7.58. The van der Waals surface area contributed by atoms with E-state index < -0.39 is 0 Å². The molecule has 2 heterocycles. The van der Waals surface area contributed by atoms with Crippen LogP contribution < -0.4 is 11.1 Å². The van der Waals surface area contributed by atoms with Crippen LogP contribution in [-0.2, 0) is 6.54 Å². The highest BCUT2D eigenvalue weighted by molar-refractivity contribution is 7.18. The third-order valence-corrected chi connectivity index (χ3v) is 3.91. The monoisotopic (exact) mass is 305 g/mol. The van der Waals surface area contributed by atoms with Gasteiger partial charge in [-0.05, 0) is 24.1 Å². The summed E-state index contributed by atoms with van der Waals surface area (Å²) in [6.45, 7) is 3.39. The van der Waals surface area contributed by atoms with Crippen LogP contribution in [0.4, 0.5) is 10.9 Å². The van der Waals surface area contributed by atoms with E-state index in [0.717, 1.165) is 18.5 Å². The molecule has 2 rings (SSSR count). The van der Waals surface area contributed by atoms with Gasteiger partial charge in [-0.3, -0.25) is 9.78 Å². The minimum Gasteiger partial charge on any atom is -0.382 e. The Hall–Kier alpha value is -2.15. The van der Waals surface area contributed by atoms with Crippen LogP contribution in [0, 0.1) is 0 Å². The Labute approximate surface area is 128 Å².